The number of phosphoric ester groups is 1. The number of carbonyl (C=O) groups is 1. The second-order valence-electron chi connectivity index (χ2n) is 15.0. The Labute approximate surface area is 303 Å². The van der Waals surface area contributed by atoms with Crippen molar-refractivity contribution in [1.82, 2.24) is 5.32 Å². The molecule has 0 bridgehead atoms. The molecule has 8 nitrogen and oxygen atoms in total. The number of hydrogen-bond acceptors (Lipinski definition) is 5. The molecule has 0 heterocycles. The number of amides is 1. The van der Waals surface area contributed by atoms with E-state index in [1.165, 1.54) is 103 Å². The highest BCUT2D eigenvalue weighted by Gasteiger charge is 2.28. The summed E-state index contributed by atoms with van der Waals surface area (Å²) in [5, 5.41) is 13.8. The van der Waals surface area contributed by atoms with Crippen LogP contribution in [-0.2, 0) is 18.4 Å². The Morgan fingerprint density at radius 2 is 1.16 bits per heavy atom. The molecule has 1 amide bonds. The van der Waals surface area contributed by atoms with Crippen LogP contribution < -0.4 is 5.32 Å². The van der Waals surface area contributed by atoms with Crippen LogP contribution in [0.4, 0.5) is 0 Å². The molecule has 3 unspecified atom stereocenters. The van der Waals surface area contributed by atoms with Crippen molar-refractivity contribution in [3.8, 4) is 0 Å². The Kier molecular flexibility index (Phi) is 32.2. The molecular weight excluding hydrogens is 635 g/mol. The summed E-state index contributed by atoms with van der Waals surface area (Å²) in [5.41, 5.74) is 0. The van der Waals surface area contributed by atoms with Gasteiger partial charge in [-0.3, -0.25) is 13.8 Å². The van der Waals surface area contributed by atoms with Crippen LogP contribution in [0, 0.1) is 0 Å². The van der Waals surface area contributed by atoms with E-state index < -0.39 is 20.0 Å². The van der Waals surface area contributed by atoms with Gasteiger partial charge in [-0.25, -0.2) is 4.57 Å². The molecule has 0 fully saturated rings. The van der Waals surface area contributed by atoms with E-state index in [0.717, 1.165) is 44.9 Å². The van der Waals surface area contributed by atoms with E-state index in [4.69, 9.17) is 9.05 Å². The highest BCUT2D eigenvalue weighted by atomic mass is 31.2. The molecule has 0 saturated carbocycles. The van der Waals surface area contributed by atoms with Gasteiger partial charge in [-0.1, -0.05) is 147 Å². The van der Waals surface area contributed by atoms with E-state index in [0.29, 0.717) is 23.9 Å². The van der Waals surface area contributed by atoms with E-state index in [2.05, 4.69) is 43.5 Å². The molecule has 0 aliphatic rings. The molecule has 0 spiro atoms. The second kappa shape index (κ2) is 32.9. The Balaban J connectivity index is 4.29. The number of allylic oxidation sites excluding steroid dienone is 4. The van der Waals surface area contributed by atoms with Crippen molar-refractivity contribution < 1.29 is 32.9 Å². The number of unbranched alkanes of at least 4 members (excludes halogenated alkanes) is 19. The number of nitrogens with zero attached hydrogens (tertiary/aromatic N) is 1. The fourth-order valence-corrected chi connectivity index (χ4v) is 6.40. The van der Waals surface area contributed by atoms with Crippen molar-refractivity contribution in [2.75, 3.05) is 40.9 Å². The Hall–Kier alpha value is -1.02. The number of phosphoric acid groups is 1. The zero-order valence-electron chi connectivity index (χ0n) is 32.7. The number of likely N-dealkylation sites (N-methyl/N-ethyl adjacent to an activating group) is 1. The average molecular weight is 716 g/mol. The molecule has 290 valence electrons. The van der Waals surface area contributed by atoms with Crippen molar-refractivity contribution in [2.45, 2.75) is 187 Å². The van der Waals surface area contributed by atoms with Crippen LogP contribution in [0.15, 0.2) is 24.3 Å². The third-order valence-electron chi connectivity index (χ3n) is 8.95. The Bertz CT molecular complexity index is 860. The first-order chi connectivity index (χ1) is 23.5. The maximum Gasteiger partial charge on any atom is 0.472 e. The van der Waals surface area contributed by atoms with Crippen LogP contribution in [0.5, 0.6) is 0 Å². The summed E-state index contributed by atoms with van der Waals surface area (Å²) >= 11 is 0. The maximum absolute atomic E-state index is 12.8. The average Bonchev–Trinajstić information content (AvgIpc) is 3.04. The van der Waals surface area contributed by atoms with E-state index in [1.807, 2.05) is 21.1 Å². The van der Waals surface area contributed by atoms with Crippen LogP contribution in [0.25, 0.3) is 0 Å². The minimum atomic E-state index is -4.30. The summed E-state index contributed by atoms with van der Waals surface area (Å²) in [6.07, 6.45) is 36.3. The highest BCUT2D eigenvalue weighted by molar-refractivity contribution is 7.47. The van der Waals surface area contributed by atoms with Crippen LogP contribution in [0.3, 0.4) is 0 Å². The Morgan fingerprint density at radius 1 is 0.694 bits per heavy atom. The summed E-state index contributed by atoms with van der Waals surface area (Å²) in [5.74, 6) is -0.153. The topological polar surface area (TPSA) is 105 Å². The third-order valence-corrected chi connectivity index (χ3v) is 9.94. The highest BCUT2D eigenvalue weighted by Crippen LogP contribution is 2.43. The molecule has 0 radical (unpaired) electrons. The van der Waals surface area contributed by atoms with Gasteiger partial charge in [0, 0.05) is 6.42 Å². The predicted octanol–water partition coefficient (Wildman–Crippen LogP) is 10.6. The number of hydrogen-bond donors (Lipinski definition) is 3. The first-order valence-corrected chi connectivity index (χ1v) is 21.7. The molecule has 0 aromatic rings. The standard InChI is InChI=1S/C40H79N2O6P/c1-6-8-10-12-14-16-17-18-19-20-21-22-23-24-25-26-28-30-32-34-40(44)41-38(37-48-49(45,46)47-36-35-42(3,4)5)39(43)33-31-29-27-15-13-11-9-7-2/h14,16,18-19,38-39,43H,6-13,15,17,20-37H2,1-5H3,(H-,41,44,45,46)/p+1/b16-14-,19-18-. The van der Waals surface area contributed by atoms with Gasteiger partial charge in [-0.2, -0.15) is 0 Å². The summed E-state index contributed by atoms with van der Waals surface area (Å²) in [4.78, 5) is 23.0. The lowest BCUT2D eigenvalue weighted by Gasteiger charge is -2.26. The van der Waals surface area contributed by atoms with Crippen molar-refractivity contribution in [1.29, 1.82) is 0 Å². The first kappa shape index (κ1) is 48.0. The Morgan fingerprint density at radius 3 is 1.71 bits per heavy atom. The second-order valence-corrected chi connectivity index (χ2v) is 16.5. The lowest BCUT2D eigenvalue weighted by atomic mass is 10.0. The van der Waals surface area contributed by atoms with Crippen molar-refractivity contribution >= 4 is 13.7 Å². The van der Waals surface area contributed by atoms with Crippen molar-refractivity contribution in [3.05, 3.63) is 24.3 Å². The minimum Gasteiger partial charge on any atom is -0.391 e. The van der Waals surface area contributed by atoms with Gasteiger partial charge < -0.3 is 19.8 Å². The molecular formula is C40H80N2O6P+. The zero-order chi connectivity index (χ0) is 36.5. The van der Waals surface area contributed by atoms with Crippen molar-refractivity contribution in [2.24, 2.45) is 0 Å². The zero-order valence-corrected chi connectivity index (χ0v) is 33.6. The normalized spacial score (nSPS) is 14.8. The molecule has 3 atom stereocenters. The van der Waals surface area contributed by atoms with Gasteiger partial charge in [0.15, 0.2) is 0 Å². The van der Waals surface area contributed by atoms with Crippen LogP contribution in [-0.4, -0.2) is 73.4 Å². The third kappa shape index (κ3) is 35.2. The molecule has 0 aliphatic heterocycles. The van der Waals surface area contributed by atoms with Gasteiger partial charge in [-0.15, -0.1) is 0 Å². The number of rotatable bonds is 36. The minimum absolute atomic E-state index is 0.0737. The van der Waals surface area contributed by atoms with Crippen LogP contribution in [0.1, 0.15) is 174 Å². The summed E-state index contributed by atoms with van der Waals surface area (Å²) in [7, 11) is 1.61. The number of carbonyl (C=O) groups excluding carboxylic acids is 1. The maximum atomic E-state index is 12.8. The van der Waals surface area contributed by atoms with Gasteiger partial charge in [0.1, 0.15) is 13.2 Å². The summed E-state index contributed by atoms with van der Waals surface area (Å²) < 4.78 is 23.5. The van der Waals surface area contributed by atoms with Gasteiger partial charge in [0.05, 0.1) is 39.9 Å². The fourth-order valence-electron chi connectivity index (χ4n) is 5.66. The largest absolute Gasteiger partial charge is 0.472 e. The molecule has 0 aromatic heterocycles. The fraction of sp³-hybridized carbons (Fsp3) is 0.875. The number of aliphatic hydroxyl groups excluding tert-OH is 1. The first-order valence-electron chi connectivity index (χ1n) is 20.2. The molecule has 49 heavy (non-hydrogen) atoms. The number of aliphatic hydroxyl groups is 1. The van der Waals surface area contributed by atoms with Gasteiger partial charge in [-0.05, 0) is 44.9 Å². The summed E-state index contributed by atoms with van der Waals surface area (Å²) in [6.45, 7) is 4.81. The van der Waals surface area contributed by atoms with Gasteiger partial charge in [0.25, 0.3) is 0 Å². The SMILES string of the molecule is CCCCC/C=C\C/C=C\CCCCCCCCCCCC(=O)NC(COP(=O)(O)OCC[N+](C)(C)C)C(O)CCCCCCCCCC. The van der Waals surface area contributed by atoms with Crippen molar-refractivity contribution in [3.63, 3.8) is 0 Å². The number of nitrogens with one attached hydrogen (secondary N) is 1. The van der Waals surface area contributed by atoms with Gasteiger partial charge >= 0.3 is 7.82 Å². The lowest BCUT2D eigenvalue weighted by Crippen LogP contribution is -2.46. The summed E-state index contributed by atoms with van der Waals surface area (Å²) in [6, 6.07) is -0.757. The van der Waals surface area contributed by atoms with Gasteiger partial charge in [0.2, 0.25) is 5.91 Å². The predicted molar refractivity (Wildman–Crippen MR) is 208 cm³/mol. The van der Waals surface area contributed by atoms with Crippen LogP contribution in [0.2, 0.25) is 0 Å². The van der Waals surface area contributed by atoms with Crippen LogP contribution >= 0.6 is 7.82 Å². The lowest BCUT2D eigenvalue weighted by molar-refractivity contribution is -0.870. The smallest absolute Gasteiger partial charge is 0.391 e. The molecule has 0 rings (SSSR count). The monoisotopic (exact) mass is 716 g/mol. The molecule has 0 saturated heterocycles. The van der Waals surface area contributed by atoms with E-state index in [-0.39, 0.29) is 19.1 Å². The molecule has 3 N–H and O–H groups in total. The van der Waals surface area contributed by atoms with E-state index in [9.17, 15) is 19.4 Å². The number of quaternary nitrogens is 1. The molecule has 9 heteroatoms. The van der Waals surface area contributed by atoms with E-state index >= 15 is 0 Å². The molecule has 0 aliphatic carbocycles. The van der Waals surface area contributed by atoms with E-state index in [1.54, 1.807) is 0 Å². The quantitative estimate of drug-likeness (QED) is 0.0258. The molecule has 0 aromatic carbocycles.